The molecule has 0 fully saturated rings. The van der Waals surface area contributed by atoms with Gasteiger partial charge in [-0.25, -0.2) is 22.4 Å². The Kier molecular flexibility index (Phi) is 34.6. The summed E-state index contributed by atoms with van der Waals surface area (Å²) in [6, 6.07) is 19.5. The van der Waals surface area contributed by atoms with E-state index < -0.39 is 185 Å². The average Bonchev–Trinajstić information content (AvgIpc) is 1.66. The highest BCUT2D eigenvalue weighted by Crippen LogP contribution is 2.34. The lowest BCUT2D eigenvalue weighted by molar-refractivity contribution is -0.142. The zero-order chi connectivity index (χ0) is 95.0. The molecule has 0 aliphatic carbocycles. The van der Waals surface area contributed by atoms with Gasteiger partial charge in [0.1, 0.15) is 64.2 Å². The summed E-state index contributed by atoms with van der Waals surface area (Å²) in [7, 11) is 9.23. The zero-order valence-electron chi connectivity index (χ0n) is 66.7. The normalized spacial score (nSPS) is 12.2. The lowest BCUT2D eigenvalue weighted by Crippen LogP contribution is -2.32. The summed E-state index contributed by atoms with van der Waals surface area (Å²) in [4.78, 5) is 111. The number of carboxylic acid groups (broad SMARTS) is 1. The highest BCUT2D eigenvalue weighted by atomic mass is 32.2. The summed E-state index contributed by atoms with van der Waals surface area (Å²) in [6.07, 6.45) is -18.9. The number of rotatable bonds is 23. The first-order valence-electron chi connectivity index (χ1n) is 35.2. The Balaban J connectivity index is 0.000000223. The first-order valence-corrected chi connectivity index (χ1v) is 36.4. The summed E-state index contributed by atoms with van der Waals surface area (Å²) in [5, 5.41) is 43.1. The third-order valence-electron chi connectivity index (χ3n) is 16.2. The van der Waals surface area contributed by atoms with Gasteiger partial charge in [0, 0.05) is 93.1 Å². The minimum atomic E-state index is -4.74. The van der Waals surface area contributed by atoms with E-state index in [4.69, 9.17) is 28.9 Å². The molecular weight excluding hydrogens is 1780 g/mol. The molecule has 0 aliphatic rings. The maximum Gasteiger partial charge on any atom is 0.435 e. The van der Waals surface area contributed by atoms with Gasteiger partial charge in [0.05, 0.1) is 60.2 Å². The van der Waals surface area contributed by atoms with Crippen LogP contribution in [0.2, 0.25) is 0 Å². The van der Waals surface area contributed by atoms with Gasteiger partial charge in [0.25, 0.3) is 17.7 Å². The van der Waals surface area contributed by atoms with Crippen LogP contribution in [-0.2, 0) is 91.0 Å². The fraction of sp³-hybridized carbons (Fsp3) is 0.288. The second-order valence-electron chi connectivity index (χ2n) is 25.3. The van der Waals surface area contributed by atoms with Crippen molar-refractivity contribution in [1.29, 1.82) is 0 Å². The van der Waals surface area contributed by atoms with Gasteiger partial charge in [-0.15, -0.1) is 0 Å². The van der Waals surface area contributed by atoms with E-state index in [0.29, 0.717) is 34.5 Å². The van der Waals surface area contributed by atoms with Crippen LogP contribution in [0.5, 0.6) is 0 Å². The number of benzene rings is 4. The molecule has 8 heterocycles. The Bertz CT molecular complexity index is 5430. The molecule has 3 amide bonds. The molecule has 6 N–H and O–H groups in total. The SMILES string of the molecule is COC(=O)CC(N)c1nc(-c2cccc(F)c2)no1.COC(=O)CC(NC(=O)c1cc(C(F)(F)F)nn1C)c1nc(-c2cccc(F)c2)no1.COC(=O)C[C@@H](NC(=O)c1cc(C(F)(F)F)nn1C)c1nc(-c2cccc(F)c2)no1.COC(=O)C[C@H](NC(=O)c1cc(C(F)(F)F)nn1C)c1nc(-c2cccc(F)c2)no1.CSF.Cn1nc(C(F)(F)F)cc1C(=O)O. The Morgan fingerprint density at radius 3 is 0.820 bits per heavy atom. The number of aryl methyl sites for hydroxylation is 4. The molecule has 12 aromatic rings. The van der Waals surface area contributed by atoms with Crippen molar-refractivity contribution in [2.45, 2.75) is 74.6 Å². The summed E-state index contributed by atoms with van der Waals surface area (Å²) in [5.74, 6) is -9.50. The van der Waals surface area contributed by atoms with E-state index >= 15 is 0 Å². The minimum absolute atomic E-state index is 0.0153. The van der Waals surface area contributed by atoms with Crippen LogP contribution in [0, 0.1) is 23.3 Å². The average molecular weight is 1850 g/mol. The molecule has 8 aromatic heterocycles. The van der Waals surface area contributed by atoms with Crippen molar-refractivity contribution in [3.8, 4) is 45.6 Å². The summed E-state index contributed by atoms with van der Waals surface area (Å²) >= 11 is 0.250. The molecular formula is C73H65F17N20O17S. The Labute approximate surface area is 710 Å². The molecule has 0 aliphatic heterocycles. The standard InChI is InChI=1S/3C18H15F4N5O4.C12H12FN3O3.C6H5F3N2O2.CH3FS/c3*1-27-12(8-13(25-27)18(20,21)22)16(29)23-11(7-14(28)30-2)17-24-15(26-31-17)9-4-3-5-10(19)6-9;1-18-10(17)6-9(14)12-15-11(16-19-12)7-3-2-4-8(13)5-7;1-11-3(5(12)13)2-4(10-11)6(7,8)9;1-3-2/h3*3-6,8,11H,7H2,1-2H3,(H,23,29);2-5,9H,6,14H2,1H3;2H,1H3,(H,12,13);1H3/t2*11-;;;;/m10..../s1. The number of hydrogen-bond donors (Lipinski definition) is 5. The van der Waals surface area contributed by atoms with Crippen molar-refractivity contribution in [2.75, 3.05) is 34.7 Å². The number of hydrogen-bond acceptors (Lipinski definition) is 30. The van der Waals surface area contributed by atoms with E-state index in [1.165, 1.54) is 86.2 Å². The third kappa shape index (κ3) is 28.6. The van der Waals surface area contributed by atoms with Crippen molar-refractivity contribution in [3.05, 3.63) is 214 Å². The third-order valence-corrected chi connectivity index (χ3v) is 16.2. The number of nitrogens with zero attached hydrogens (tertiary/aromatic N) is 16. The molecule has 684 valence electrons. The first kappa shape index (κ1) is 100. The fourth-order valence-corrected chi connectivity index (χ4v) is 10.2. The molecule has 55 heteroatoms. The van der Waals surface area contributed by atoms with E-state index in [1.54, 1.807) is 6.07 Å². The lowest BCUT2D eigenvalue weighted by atomic mass is 10.2. The number of halogens is 17. The van der Waals surface area contributed by atoms with Gasteiger partial charge in [0.2, 0.25) is 46.9 Å². The van der Waals surface area contributed by atoms with Gasteiger partial charge < -0.3 is 63.8 Å². The largest absolute Gasteiger partial charge is 0.477 e. The number of nitrogens with one attached hydrogen (secondary N) is 3. The first-order chi connectivity index (χ1) is 60.1. The van der Waals surface area contributed by atoms with Crippen LogP contribution in [0.15, 0.2) is 139 Å². The van der Waals surface area contributed by atoms with Crippen molar-refractivity contribution in [1.82, 2.24) is 95.6 Å². The predicted molar refractivity (Wildman–Crippen MR) is 397 cm³/mol. The van der Waals surface area contributed by atoms with Crippen molar-refractivity contribution in [3.63, 3.8) is 0 Å². The van der Waals surface area contributed by atoms with E-state index in [-0.39, 0.29) is 82.1 Å². The second kappa shape index (κ2) is 44.2. The lowest BCUT2D eigenvalue weighted by Gasteiger charge is -2.13. The Morgan fingerprint density at radius 1 is 0.391 bits per heavy atom. The van der Waals surface area contributed by atoms with Crippen molar-refractivity contribution < 1.29 is 155 Å². The van der Waals surface area contributed by atoms with E-state index in [1.807, 2.05) is 0 Å². The molecule has 37 nitrogen and oxygen atoms in total. The summed E-state index contributed by atoms with van der Waals surface area (Å²) < 4.78 is 256. The monoisotopic (exact) mass is 1850 g/mol. The molecule has 0 bridgehead atoms. The Hall–Kier alpha value is -14.8. The summed E-state index contributed by atoms with van der Waals surface area (Å²) in [6.45, 7) is 0. The number of carbonyl (C=O) groups excluding carboxylic acids is 7. The van der Waals surface area contributed by atoms with Gasteiger partial charge in [-0.2, -0.15) is 96.9 Å². The highest BCUT2D eigenvalue weighted by Gasteiger charge is 2.41. The fourth-order valence-electron chi connectivity index (χ4n) is 10.2. The van der Waals surface area contributed by atoms with Crippen LogP contribution in [0.25, 0.3) is 45.6 Å². The van der Waals surface area contributed by atoms with E-state index in [0.717, 1.165) is 81.8 Å². The molecule has 4 atom stereocenters. The minimum Gasteiger partial charge on any atom is -0.477 e. The molecule has 0 spiro atoms. The molecule has 0 saturated carbocycles. The molecule has 128 heavy (non-hydrogen) atoms. The van der Waals surface area contributed by atoms with Gasteiger partial charge in [-0.3, -0.25) is 52.3 Å². The van der Waals surface area contributed by atoms with Crippen LogP contribution < -0.4 is 21.7 Å². The van der Waals surface area contributed by atoms with Crippen LogP contribution in [0.4, 0.5) is 74.1 Å². The topological polar surface area (TPSA) is 483 Å². The number of alkyl halides is 12. The predicted octanol–water partition coefficient (Wildman–Crippen LogP) is 11.8. The summed E-state index contributed by atoms with van der Waals surface area (Å²) in [5.41, 5.74) is 0.340. The number of carbonyl (C=O) groups is 8. The van der Waals surface area contributed by atoms with Crippen LogP contribution in [0.1, 0.15) is 138 Å². The highest BCUT2D eigenvalue weighted by molar-refractivity contribution is 7.93. The quantitative estimate of drug-likeness (QED) is 0.0225. The van der Waals surface area contributed by atoms with Crippen LogP contribution in [-0.4, -0.2) is 167 Å². The van der Waals surface area contributed by atoms with E-state index in [9.17, 15) is 112 Å². The number of carboxylic acids is 1. The molecule has 0 radical (unpaired) electrons. The number of methoxy groups -OCH3 is 4. The smallest absolute Gasteiger partial charge is 0.435 e. The Morgan fingerprint density at radius 2 is 0.609 bits per heavy atom. The van der Waals surface area contributed by atoms with E-state index in [2.05, 4.69) is 95.9 Å². The van der Waals surface area contributed by atoms with Gasteiger partial charge in [-0.1, -0.05) is 69.2 Å². The number of esters is 4. The van der Waals surface area contributed by atoms with Gasteiger partial charge in [0.15, 0.2) is 22.8 Å². The second-order valence-corrected chi connectivity index (χ2v) is 25.6. The number of ether oxygens (including phenoxy) is 4. The van der Waals surface area contributed by atoms with Crippen LogP contribution in [0.3, 0.4) is 0 Å². The number of amides is 3. The molecule has 2 unspecified atom stereocenters. The van der Waals surface area contributed by atoms with Crippen molar-refractivity contribution in [2.24, 2.45) is 33.9 Å². The molecule has 0 saturated heterocycles. The number of aromatic carboxylic acids is 1. The maximum absolute atomic E-state index is 13.4. The zero-order valence-corrected chi connectivity index (χ0v) is 67.5. The molecule has 4 aromatic carbocycles. The number of aromatic nitrogens is 16. The maximum atomic E-state index is 13.4. The van der Waals surface area contributed by atoms with Gasteiger partial charge >= 0.3 is 54.6 Å². The number of nitrogens with two attached hydrogens (primary N) is 1. The van der Waals surface area contributed by atoms with Crippen LogP contribution >= 0.6 is 12.1 Å². The van der Waals surface area contributed by atoms with Crippen molar-refractivity contribution >= 4 is 59.7 Å². The molecule has 12 rings (SSSR count). The van der Waals surface area contributed by atoms with Gasteiger partial charge in [-0.05, 0) is 48.5 Å².